The molecule has 2 aromatic carbocycles. The third-order valence-electron chi connectivity index (χ3n) is 4.75. The van der Waals surface area contributed by atoms with Crippen LogP contribution in [-0.4, -0.2) is 32.3 Å². The number of methoxy groups -OCH3 is 1. The minimum atomic E-state index is -0.380. The van der Waals surface area contributed by atoms with Crippen LogP contribution in [0.25, 0.3) is 0 Å². The molecule has 27 heavy (non-hydrogen) atoms. The Morgan fingerprint density at radius 3 is 2.67 bits per heavy atom. The van der Waals surface area contributed by atoms with E-state index >= 15 is 0 Å². The molecule has 0 bridgehead atoms. The summed E-state index contributed by atoms with van der Waals surface area (Å²) in [6, 6.07) is 8.61. The number of nitrogens with one attached hydrogen (secondary N) is 1. The molecule has 1 heterocycles. The van der Waals surface area contributed by atoms with Gasteiger partial charge in [-0.2, -0.15) is 5.10 Å². The van der Waals surface area contributed by atoms with Crippen LogP contribution < -0.4 is 15.1 Å². The van der Waals surface area contributed by atoms with Crippen molar-refractivity contribution in [1.82, 2.24) is 5.43 Å². The summed E-state index contributed by atoms with van der Waals surface area (Å²) in [6.07, 6.45) is 3.65. The minimum absolute atomic E-state index is 0.268. The fourth-order valence-corrected chi connectivity index (χ4v) is 3.23. The summed E-state index contributed by atoms with van der Waals surface area (Å²) < 4.78 is 19.7. The van der Waals surface area contributed by atoms with Crippen molar-refractivity contribution in [1.29, 1.82) is 0 Å². The first kappa shape index (κ1) is 18.9. The lowest BCUT2D eigenvalue weighted by atomic mass is 10.1. The van der Waals surface area contributed by atoms with Crippen LogP contribution in [0.1, 0.15) is 39.9 Å². The van der Waals surface area contributed by atoms with Gasteiger partial charge in [0.2, 0.25) is 0 Å². The highest BCUT2D eigenvalue weighted by Gasteiger charge is 2.17. The van der Waals surface area contributed by atoms with E-state index in [4.69, 9.17) is 4.74 Å². The first-order chi connectivity index (χ1) is 13.0. The van der Waals surface area contributed by atoms with Gasteiger partial charge in [0.15, 0.2) is 0 Å². The van der Waals surface area contributed by atoms with E-state index in [0.29, 0.717) is 22.6 Å². The van der Waals surface area contributed by atoms with Crippen molar-refractivity contribution in [2.24, 2.45) is 5.10 Å². The normalized spacial score (nSPS) is 14.0. The molecule has 0 unspecified atom stereocenters. The van der Waals surface area contributed by atoms with E-state index in [1.54, 1.807) is 12.1 Å². The van der Waals surface area contributed by atoms with E-state index in [9.17, 15) is 9.18 Å². The zero-order chi connectivity index (χ0) is 19.4. The Hall–Kier alpha value is -2.89. The zero-order valence-electron chi connectivity index (χ0n) is 15.9. The quantitative estimate of drug-likeness (QED) is 0.644. The summed E-state index contributed by atoms with van der Waals surface area (Å²) in [7, 11) is 1.52. The van der Waals surface area contributed by atoms with Gasteiger partial charge in [0.05, 0.1) is 24.6 Å². The molecule has 1 fully saturated rings. The molecule has 6 heteroatoms. The summed E-state index contributed by atoms with van der Waals surface area (Å²) in [5.41, 5.74) is 6.04. The number of anilines is 1. The van der Waals surface area contributed by atoms with E-state index < -0.39 is 0 Å². The number of rotatable bonds is 5. The lowest BCUT2D eigenvalue weighted by Gasteiger charge is -2.19. The lowest BCUT2D eigenvalue weighted by Crippen LogP contribution is -2.20. The molecule has 0 saturated carbocycles. The fourth-order valence-electron chi connectivity index (χ4n) is 3.23. The van der Waals surface area contributed by atoms with Gasteiger partial charge in [0, 0.05) is 18.7 Å². The monoisotopic (exact) mass is 369 g/mol. The number of hydrazone groups is 1. The van der Waals surface area contributed by atoms with E-state index in [1.807, 2.05) is 26.0 Å². The molecule has 1 saturated heterocycles. The van der Waals surface area contributed by atoms with Gasteiger partial charge in [0.25, 0.3) is 5.91 Å². The molecule has 2 aromatic rings. The predicted molar refractivity (Wildman–Crippen MR) is 105 cm³/mol. The topological polar surface area (TPSA) is 53.9 Å². The highest BCUT2D eigenvalue weighted by Crippen LogP contribution is 2.26. The molecule has 1 aliphatic heterocycles. The Kier molecular flexibility index (Phi) is 5.74. The Bertz CT molecular complexity index is 874. The molecule has 1 amide bonds. The van der Waals surface area contributed by atoms with Crippen LogP contribution in [0, 0.1) is 19.7 Å². The van der Waals surface area contributed by atoms with E-state index in [2.05, 4.69) is 15.4 Å². The van der Waals surface area contributed by atoms with Gasteiger partial charge in [0.1, 0.15) is 11.6 Å². The highest BCUT2D eigenvalue weighted by atomic mass is 19.1. The van der Waals surface area contributed by atoms with Crippen LogP contribution in [0.3, 0.4) is 0 Å². The highest BCUT2D eigenvalue weighted by molar-refractivity contribution is 5.97. The van der Waals surface area contributed by atoms with Gasteiger partial charge in [-0.05, 0) is 62.1 Å². The third kappa shape index (κ3) is 4.27. The minimum Gasteiger partial charge on any atom is -0.496 e. The van der Waals surface area contributed by atoms with Gasteiger partial charge in [-0.1, -0.05) is 6.07 Å². The maximum Gasteiger partial charge on any atom is 0.275 e. The van der Waals surface area contributed by atoms with Crippen LogP contribution in [0.2, 0.25) is 0 Å². The largest absolute Gasteiger partial charge is 0.496 e. The van der Waals surface area contributed by atoms with E-state index in [0.717, 1.165) is 37.1 Å². The van der Waals surface area contributed by atoms with Crippen molar-refractivity contribution in [3.8, 4) is 5.75 Å². The summed E-state index contributed by atoms with van der Waals surface area (Å²) >= 11 is 0. The van der Waals surface area contributed by atoms with Crippen LogP contribution in [0.15, 0.2) is 35.4 Å². The number of benzene rings is 2. The smallest absolute Gasteiger partial charge is 0.275 e. The zero-order valence-corrected chi connectivity index (χ0v) is 15.9. The molecule has 0 spiro atoms. The Morgan fingerprint density at radius 2 is 1.96 bits per heavy atom. The molecular formula is C21H24FN3O2. The number of nitrogens with zero attached hydrogens (tertiary/aromatic N) is 2. The molecule has 1 aliphatic rings. The SMILES string of the molecule is COc1cc(C)ccc1C(=O)N/N=C\c1cc(F)c(N2CCCC2)cc1C. The van der Waals surface area contributed by atoms with Gasteiger partial charge in [-0.25, -0.2) is 9.82 Å². The molecule has 0 atom stereocenters. The predicted octanol–water partition coefficient (Wildman–Crippen LogP) is 3.82. The van der Waals surface area contributed by atoms with Crippen LogP contribution >= 0.6 is 0 Å². The second-order valence-electron chi connectivity index (χ2n) is 6.76. The third-order valence-corrected chi connectivity index (χ3v) is 4.75. The van der Waals surface area contributed by atoms with Crippen molar-refractivity contribution in [2.75, 3.05) is 25.1 Å². The Morgan fingerprint density at radius 1 is 1.22 bits per heavy atom. The Labute approximate surface area is 158 Å². The van der Waals surface area contributed by atoms with E-state index in [1.165, 1.54) is 19.4 Å². The maximum atomic E-state index is 14.5. The number of hydrogen-bond acceptors (Lipinski definition) is 4. The average Bonchev–Trinajstić information content (AvgIpc) is 3.18. The Balaban J connectivity index is 1.73. The van der Waals surface area contributed by atoms with E-state index in [-0.39, 0.29) is 11.7 Å². The second kappa shape index (κ2) is 8.20. The number of amides is 1. The molecule has 142 valence electrons. The summed E-state index contributed by atoms with van der Waals surface area (Å²) in [5, 5.41) is 3.98. The average molecular weight is 369 g/mol. The number of carbonyl (C=O) groups excluding carboxylic acids is 1. The summed E-state index contributed by atoms with van der Waals surface area (Å²) in [6.45, 7) is 5.60. The first-order valence-electron chi connectivity index (χ1n) is 9.02. The first-order valence-corrected chi connectivity index (χ1v) is 9.02. The molecule has 0 aliphatic carbocycles. The molecular weight excluding hydrogens is 345 g/mol. The number of aryl methyl sites for hydroxylation is 2. The molecule has 3 rings (SSSR count). The van der Waals surface area contributed by atoms with Crippen LogP contribution in [0.4, 0.5) is 10.1 Å². The van der Waals surface area contributed by atoms with Gasteiger partial charge in [-0.15, -0.1) is 0 Å². The molecule has 0 radical (unpaired) electrons. The number of ether oxygens (including phenoxy) is 1. The number of hydrogen-bond donors (Lipinski definition) is 1. The summed E-state index contributed by atoms with van der Waals surface area (Å²) in [4.78, 5) is 14.4. The van der Waals surface area contributed by atoms with Crippen molar-refractivity contribution in [2.45, 2.75) is 26.7 Å². The molecule has 1 N–H and O–H groups in total. The standard InChI is InChI=1S/C21H24FN3O2/c1-14-6-7-17(20(10-14)27-3)21(26)24-23-13-16-12-18(22)19(11-15(16)2)25-8-4-5-9-25/h6-7,10-13H,4-5,8-9H2,1-3H3,(H,24,26)/b23-13-. The number of carbonyl (C=O) groups is 1. The van der Waals surface area contributed by atoms with Crippen LogP contribution in [0.5, 0.6) is 5.75 Å². The van der Waals surface area contributed by atoms with Crippen molar-refractivity contribution in [3.63, 3.8) is 0 Å². The van der Waals surface area contributed by atoms with Crippen molar-refractivity contribution >= 4 is 17.8 Å². The maximum absolute atomic E-state index is 14.5. The lowest BCUT2D eigenvalue weighted by molar-refractivity contribution is 0.0952. The van der Waals surface area contributed by atoms with Crippen molar-refractivity contribution in [3.05, 3.63) is 58.4 Å². The fraction of sp³-hybridized carbons (Fsp3) is 0.333. The van der Waals surface area contributed by atoms with Gasteiger partial charge < -0.3 is 9.64 Å². The van der Waals surface area contributed by atoms with Gasteiger partial charge in [-0.3, -0.25) is 4.79 Å². The summed E-state index contributed by atoms with van der Waals surface area (Å²) in [5.74, 6) is -0.162. The number of halogens is 1. The molecule has 0 aromatic heterocycles. The molecule has 5 nitrogen and oxygen atoms in total. The van der Waals surface area contributed by atoms with Crippen molar-refractivity contribution < 1.29 is 13.9 Å². The van der Waals surface area contributed by atoms with Gasteiger partial charge >= 0.3 is 0 Å². The second-order valence-corrected chi connectivity index (χ2v) is 6.76. The van der Waals surface area contributed by atoms with Crippen LogP contribution in [-0.2, 0) is 0 Å².